The van der Waals surface area contributed by atoms with Gasteiger partial charge < -0.3 is 14.8 Å². The van der Waals surface area contributed by atoms with Gasteiger partial charge in [0.15, 0.2) is 5.75 Å². The summed E-state index contributed by atoms with van der Waals surface area (Å²) in [5.74, 6) is 0.215. The van der Waals surface area contributed by atoms with Crippen molar-refractivity contribution in [3.63, 3.8) is 0 Å². The predicted molar refractivity (Wildman–Crippen MR) is 84.7 cm³/mol. The van der Waals surface area contributed by atoms with Gasteiger partial charge in [-0.2, -0.15) is 0 Å². The van der Waals surface area contributed by atoms with E-state index in [0.717, 1.165) is 12.8 Å². The second-order valence-electron chi connectivity index (χ2n) is 6.87. The molecule has 0 atom stereocenters. The van der Waals surface area contributed by atoms with Gasteiger partial charge in [0.2, 0.25) is 0 Å². The van der Waals surface area contributed by atoms with Crippen molar-refractivity contribution in [1.82, 2.24) is 5.32 Å². The van der Waals surface area contributed by atoms with Gasteiger partial charge in [-0.3, -0.25) is 10.1 Å². The standard InChI is InChI=1S/C16H22N2O5/c1-11-6-5-7-12(13(11)18(20)21)22-10-16(8-9-16)17-14(19)23-15(2,3)4/h5-7H,8-10H2,1-4H3,(H,17,19). The maximum absolute atomic E-state index is 11.9. The molecule has 0 bridgehead atoms. The van der Waals surface area contributed by atoms with Crippen molar-refractivity contribution in [3.8, 4) is 5.75 Å². The summed E-state index contributed by atoms with van der Waals surface area (Å²) in [6.07, 6.45) is 1.01. The van der Waals surface area contributed by atoms with E-state index in [9.17, 15) is 14.9 Å². The smallest absolute Gasteiger partial charge is 0.408 e. The topological polar surface area (TPSA) is 90.7 Å². The fraction of sp³-hybridized carbons (Fsp3) is 0.562. The molecular formula is C16H22N2O5. The second-order valence-corrected chi connectivity index (χ2v) is 6.87. The Morgan fingerprint density at radius 1 is 1.39 bits per heavy atom. The van der Waals surface area contributed by atoms with E-state index >= 15 is 0 Å². The van der Waals surface area contributed by atoms with Crippen LogP contribution in [0.4, 0.5) is 10.5 Å². The maximum Gasteiger partial charge on any atom is 0.408 e. The summed E-state index contributed by atoms with van der Waals surface area (Å²) < 4.78 is 10.9. The Balaban J connectivity index is 2.00. The molecule has 1 fully saturated rings. The molecule has 0 spiro atoms. The zero-order valence-corrected chi connectivity index (χ0v) is 13.8. The highest BCUT2D eigenvalue weighted by atomic mass is 16.6. The van der Waals surface area contributed by atoms with Crippen LogP contribution in [0, 0.1) is 17.0 Å². The first kappa shape index (κ1) is 17.1. The molecule has 7 nitrogen and oxygen atoms in total. The van der Waals surface area contributed by atoms with Crippen molar-refractivity contribution in [2.24, 2.45) is 0 Å². The quantitative estimate of drug-likeness (QED) is 0.663. The highest BCUT2D eigenvalue weighted by Gasteiger charge is 2.46. The first-order valence-electron chi connectivity index (χ1n) is 7.50. The Kier molecular flexibility index (Phi) is 4.49. The number of nitrogens with one attached hydrogen (secondary N) is 1. The van der Waals surface area contributed by atoms with Gasteiger partial charge in [0.1, 0.15) is 12.2 Å². The molecule has 0 radical (unpaired) electrons. The lowest BCUT2D eigenvalue weighted by Gasteiger charge is -2.23. The Morgan fingerprint density at radius 2 is 2.04 bits per heavy atom. The normalized spacial score (nSPS) is 15.7. The number of nitrogens with zero attached hydrogens (tertiary/aromatic N) is 1. The summed E-state index contributed by atoms with van der Waals surface area (Å²) >= 11 is 0. The van der Waals surface area contributed by atoms with Gasteiger partial charge in [-0.25, -0.2) is 4.79 Å². The molecule has 7 heteroatoms. The third-order valence-electron chi connectivity index (χ3n) is 3.51. The van der Waals surface area contributed by atoms with Gasteiger partial charge >= 0.3 is 11.8 Å². The summed E-state index contributed by atoms with van der Waals surface area (Å²) in [5.41, 5.74) is -0.575. The largest absolute Gasteiger partial charge is 0.484 e. The third kappa shape index (κ3) is 4.58. The number of alkyl carbamates (subject to hydrolysis) is 1. The first-order chi connectivity index (χ1) is 10.6. The lowest BCUT2D eigenvalue weighted by atomic mass is 10.2. The monoisotopic (exact) mass is 322 g/mol. The number of hydrogen-bond acceptors (Lipinski definition) is 5. The van der Waals surface area contributed by atoms with Crippen molar-refractivity contribution in [3.05, 3.63) is 33.9 Å². The van der Waals surface area contributed by atoms with E-state index in [-0.39, 0.29) is 18.0 Å². The number of amides is 1. The van der Waals surface area contributed by atoms with Crippen LogP contribution in [0.2, 0.25) is 0 Å². The Morgan fingerprint density at radius 3 is 2.57 bits per heavy atom. The van der Waals surface area contributed by atoms with Crippen LogP contribution in [0.25, 0.3) is 0 Å². The van der Waals surface area contributed by atoms with Crippen LogP contribution in [0.5, 0.6) is 5.75 Å². The molecule has 1 saturated carbocycles. The number of nitro groups is 1. The summed E-state index contributed by atoms with van der Waals surface area (Å²) in [4.78, 5) is 22.6. The number of ether oxygens (including phenoxy) is 2. The van der Waals surface area contributed by atoms with E-state index in [1.54, 1.807) is 45.9 Å². The fourth-order valence-corrected chi connectivity index (χ4v) is 2.17. The van der Waals surface area contributed by atoms with Gasteiger partial charge in [0.25, 0.3) is 0 Å². The number of carbonyl (C=O) groups is 1. The number of nitro benzene ring substituents is 1. The minimum atomic E-state index is -0.573. The van der Waals surface area contributed by atoms with E-state index in [0.29, 0.717) is 5.56 Å². The molecule has 0 aliphatic heterocycles. The van der Waals surface area contributed by atoms with Crippen molar-refractivity contribution >= 4 is 11.8 Å². The summed E-state index contributed by atoms with van der Waals surface area (Å²) in [6.45, 7) is 7.21. The molecule has 1 aromatic carbocycles. The highest BCUT2D eigenvalue weighted by Crippen LogP contribution is 2.38. The number of aryl methyl sites for hydroxylation is 1. The fourth-order valence-electron chi connectivity index (χ4n) is 2.17. The SMILES string of the molecule is Cc1cccc(OCC2(NC(=O)OC(C)(C)C)CC2)c1[N+](=O)[O-]. The van der Waals surface area contributed by atoms with E-state index in [1.165, 1.54) is 0 Å². The van der Waals surface area contributed by atoms with Crippen LogP contribution in [0.1, 0.15) is 39.2 Å². The molecule has 1 aliphatic rings. The summed E-state index contributed by atoms with van der Waals surface area (Å²) in [5, 5.41) is 14.0. The van der Waals surface area contributed by atoms with Crippen LogP contribution in [0.3, 0.4) is 0 Å². The summed E-state index contributed by atoms with van der Waals surface area (Å²) in [7, 11) is 0. The van der Waals surface area contributed by atoms with Gasteiger partial charge in [-0.1, -0.05) is 12.1 Å². The van der Waals surface area contributed by atoms with Crippen LogP contribution in [0.15, 0.2) is 18.2 Å². The zero-order valence-electron chi connectivity index (χ0n) is 13.8. The number of para-hydroxylation sites is 1. The van der Waals surface area contributed by atoms with Gasteiger partial charge in [-0.05, 0) is 46.6 Å². The maximum atomic E-state index is 11.9. The average molecular weight is 322 g/mol. The van der Waals surface area contributed by atoms with E-state index < -0.39 is 22.2 Å². The van der Waals surface area contributed by atoms with Gasteiger partial charge in [0.05, 0.1) is 10.5 Å². The molecule has 1 aromatic rings. The number of hydrogen-bond donors (Lipinski definition) is 1. The van der Waals surface area contributed by atoms with Crippen LogP contribution < -0.4 is 10.1 Å². The van der Waals surface area contributed by atoms with Crippen molar-refractivity contribution in [2.75, 3.05) is 6.61 Å². The second kappa shape index (κ2) is 6.06. The van der Waals surface area contributed by atoms with Crippen molar-refractivity contribution in [2.45, 2.75) is 51.7 Å². The van der Waals surface area contributed by atoms with Gasteiger partial charge in [-0.15, -0.1) is 0 Å². The minimum absolute atomic E-state index is 0.0411. The molecule has 0 unspecified atom stereocenters. The van der Waals surface area contributed by atoms with Crippen molar-refractivity contribution in [1.29, 1.82) is 0 Å². The molecule has 2 rings (SSSR count). The van der Waals surface area contributed by atoms with E-state index in [1.807, 2.05) is 0 Å². The number of benzene rings is 1. The Bertz CT molecular complexity index is 617. The van der Waals surface area contributed by atoms with Gasteiger partial charge in [0, 0.05) is 5.56 Å². The molecule has 1 N–H and O–H groups in total. The zero-order chi connectivity index (χ0) is 17.3. The van der Waals surface area contributed by atoms with Crippen LogP contribution in [-0.2, 0) is 4.74 Å². The Hall–Kier alpha value is -2.31. The molecule has 126 valence electrons. The van der Waals surface area contributed by atoms with E-state index in [2.05, 4.69) is 5.32 Å². The number of carbonyl (C=O) groups excluding carboxylic acids is 1. The molecule has 0 aromatic heterocycles. The lowest BCUT2D eigenvalue weighted by Crippen LogP contribution is -2.44. The predicted octanol–water partition coefficient (Wildman–Crippen LogP) is 3.34. The molecule has 0 heterocycles. The highest BCUT2D eigenvalue weighted by molar-refractivity contribution is 5.69. The van der Waals surface area contributed by atoms with Crippen molar-refractivity contribution < 1.29 is 19.2 Å². The van der Waals surface area contributed by atoms with E-state index in [4.69, 9.17) is 9.47 Å². The Labute approximate surface area is 135 Å². The lowest BCUT2D eigenvalue weighted by molar-refractivity contribution is -0.386. The minimum Gasteiger partial charge on any atom is -0.484 e. The molecule has 1 aliphatic carbocycles. The summed E-state index contributed by atoms with van der Waals surface area (Å²) in [6, 6.07) is 4.93. The molecule has 23 heavy (non-hydrogen) atoms. The van der Waals surface area contributed by atoms with Crippen LogP contribution >= 0.6 is 0 Å². The first-order valence-corrected chi connectivity index (χ1v) is 7.50. The molecule has 1 amide bonds. The molecular weight excluding hydrogens is 300 g/mol. The average Bonchev–Trinajstić information content (AvgIpc) is 3.13. The van der Waals surface area contributed by atoms with Crippen LogP contribution in [-0.4, -0.2) is 28.8 Å². The number of rotatable bonds is 5. The molecule has 0 saturated heterocycles. The third-order valence-corrected chi connectivity index (χ3v) is 3.51.